The van der Waals surface area contributed by atoms with Gasteiger partial charge in [0.25, 0.3) is 11.5 Å². The van der Waals surface area contributed by atoms with Crippen molar-refractivity contribution in [2.24, 2.45) is 0 Å². The molecule has 0 atom stereocenters. The van der Waals surface area contributed by atoms with E-state index in [4.69, 9.17) is 0 Å². The summed E-state index contributed by atoms with van der Waals surface area (Å²) in [5.74, 6) is -2.63. The molecule has 190 valence electrons. The lowest BCUT2D eigenvalue weighted by atomic mass is 9.74. The zero-order valence-corrected chi connectivity index (χ0v) is 19.9. The third-order valence-corrected chi connectivity index (χ3v) is 6.89. The minimum absolute atomic E-state index is 0.116. The van der Waals surface area contributed by atoms with Crippen molar-refractivity contribution in [2.75, 3.05) is 11.9 Å². The van der Waals surface area contributed by atoms with Crippen molar-refractivity contribution in [2.45, 2.75) is 43.9 Å². The van der Waals surface area contributed by atoms with Crippen LogP contribution in [0.2, 0.25) is 0 Å². The fourth-order valence-electron chi connectivity index (χ4n) is 5.12. The number of fused-ring (bicyclic) bond motifs is 2. The lowest BCUT2D eigenvalue weighted by Gasteiger charge is -2.42. The van der Waals surface area contributed by atoms with Crippen molar-refractivity contribution in [1.82, 2.24) is 29.6 Å². The van der Waals surface area contributed by atoms with Crippen LogP contribution < -0.4 is 16.2 Å². The number of hydrogen-bond acceptors (Lipinski definition) is 7. The van der Waals surface area contributed by atoms with Gasteiger partial charge in [-0.1, -0.05) is 12.1 Å². The van der Waals surface area contributed by atoms with E-state index in [1.807, 2.05) is 6.07 Å². The molecule has 1 saturated carbocycles. The summed E-state index contributed by atoms with van der Waals surface area (Å²) in [6.45, 7) is 5.66. The number of nitrogens with one attached hydrogen (secondary N) is 2. The Morgan fingerprint density at radius 2 is 2.03 bits per heavy atom. The number of rotatable bonds is 6. The van der Waals surface area contributed by atoms with Gasteiger partial charge in [-0.25, -0.2) is 23.1 Å². The second kappa shape index (κ2) is 8.56. The number of hydrogen-bond donors (Lipinski definition) is 3. The quantitative estimate of drug-likeness (QED) is 0.345. The van der Waals surface area contributed by atoms with Crippen molar-refractivity contribution in [3.63, 3.8) is 0 Å². The van der Waals surface area contributed by atoms with Crippen LogP contribution in [-0.4, -0.2) is 41.9 Å². The van der Waals surface area contributed by atoms with Crippen molar-refractivity contribution in [3.05, 3.63) is 82.6 Å². The molecular formula is C26H25F2N7O2. The first-order valence-corrected chi connectivity index (χ1v) is 12.0. The summed E-state index contributed by atoms with van der Waals surface area (Å²) >= 11 is 0. The molecule has 1 aromatic carbocycles. The number of allylic oxidation sites excluding steroid dienone is 1. The van der Waals surface area contributed by atoms with Gasteiger partial charge in [0.15, 0.2) is 5.65 Å². The highest BCUT2D eigenvalue weighted by molar-refractivity contribution is 5.77. The number of aromatic nitrogens is 5. The zero-order valence-electron chi connectivity index (χ0n) is 19.9. The maximum absolute atomic E-state index is 13.6. The van der Waals surface area contributed by atoms with E-state index in [0.29, 0.717) is 17.3 Å². The van der Waals surface area contributed by atoms with E-state index in [0.717, 1.165) is 25.2 Å². The van der Waals surface area contributed by atoms with E-state index in [1.165, 1.54) is 34.3 Å². The van der Waals surface area contributed by atoms with Crippen LogP contribution in [-0.2, 0) is 25.1 Å². The Balaban J connectivity index is 1.43. The topological polar surface area (TPSA) is 110 Å². The SMILES string of the molecule is C=CCn1c(=O)c2cnc(Nc3ccc4c(c3)CNCC4)nc2n1-c1ccnc(C2(O)CC(F)(F)C2)c1. The molecule has 0 bridgehead atoms. The van der Waals surface area contributed by atoms with Crippen LogP contribution in [0.25, 0.3) is 16.7 Å². The predicted molar refractivity (Wildman–Crippen MR) is 134 cm³/mol. The maximum Gasteiger partial charge on any atom is 0.278 e. The van der Waals surface area contributed by atoms with Gasteiger partial charge in [-0.05, 0) is 48.4 Å². The van der Waals surface area contributed by atoms with Crippen LogP contribution in [0.4, 0.5) is 20.4 Å². The minimum atomic E-state index is -2.93. The fraction of sp³-hybridized carbons (Fsp3) is 0.308. The van der Waals surface area contributed by atoms with Gasteiger partial charge in [-0.3, -0.25) is 9.78 Å². The monoisotopic (exact) mass is 505 g/mol. The van der Waals surface area contributed by atoms with Crippen molar-refractivity contribution >= 4 is 22.7 Å². The van der Waals surface area contributed by atoms with Crippen LogP contribution in [0, 0.1) is 0 Å². The molecule has 4 heterocycles. The maximum atomic E-state index is 13.6. The van der Waals surface area contributed by atoms with E-state index in [9.17, 15) is 18.7 Å². The second-order valence-electron chi connectivity index (χ2n) is 9.59. The van der Waals surface area contributed by atoms with Gasteiger partial charge >= 0.3 is 0 Å². The van der Waals surface area contributed by atoms with E-state index >= 15 is 0 Å². The number of benzene rings is 1. The Morgan fingerprint density at radius 3 is 2.81 bits per heavy atom. The first kappa shape index (κ1) is 23.4. The molecule has 4 aromatic rings. The Bertz CT molecular complexity index is 1590. The summed E-state index contributed by atoms with van der Waals surface area (Å²) in [6, 6.07) is 9.25. The molecule has 0 spiro atoms. The predicted octanol–water partition coefficient (Wildman–Crippen LogP) is 3.17. The van der Waals surface area contributed by atoms with Crippen LogP contribution in [0.5, 0.6) is 0 Å². The van der Waals surface area contributed by atoms with Crippen molar-refractivity contribution in [3.8, 4) is 5.69 Å². The van der Waals surface area contributed by atoms with Gasteiger partial charge in [0.05, 0.1) is 17.9 Å². The van der Waals surface area contributed by atoms with Crippen molar-refractivity contribution < 1.29 is 13.9 Å². The van der Waals surface area contributed by atoms with Gasteiger partial charge in [-0.15, -0.1) is 6.58 Å². The smallest absolute Gasteiger partial charge is 0.278 e. The normalized spacial score (nSPS) is 17.7. The summed E-state index contributed by atoms with van der Waals surface area (Å²) in [5.41, 5.74) is 2.17. The van der Waals surface area contributed by atoms with Crippen LogP contribution in [0.1, 0.15) is 29.7 Å². The molecule has 2 aliphatic rings. The molecule has 1 aliphatic carbocycles. The Hall–Kier alpha value is -3.96. The van der Waals surface area contributed by atoms with Crippen LogP contribution in [0.15, 0.2) is 60.2 Å². The average Bonchev–Trinajstić information content (AvgIpc) is 3.14. The molecular weight excluding hydrogens is 480 g/mol. The lowest BCUT2D eigenvalue weighted by Crippen LogP contribution is -2.49. The number of aliphatic hydroxyl groups is 1. The molecule has 1 aliphatic heterocycles. The Kier molecular flexibility index (Phi) is 5.42. The molecule has 0 saturated heterocycles. The first-order chi connectivity index (χ1) is 17.8. The van der Waals surface area contributed by atoms with Crippen molar-refractivity contribution in [1.29, 1.82) is 0 Å². The standard InChI is InChI=1S/C26H25F2N7O2/c1-2-9-34-23(36)20-13-31-24(32-18-4-3-16-5-7-29-12-17(16)10-18)33-22(20)35(34)19-6-8-30-21(11-19)25(37)14-26(27,28)15-25/h2-4,6,8,10-11,13,29,37H,1,5,7,9,12,14-15H2,(H,31,32,33). The third-order valence-electron chi connectivity index (χ3n) is 6.89. The summed E-state index contributed by atoms with van der Waals surface area (Å²) in [5, 5.41) is 17.6. The molecule has 9 nitrogen and oxygen atoms in total. The van der Waals surface area contributed by atoms with Gasteiger partial charge in [-0.2, -0.15) is 4.98 Å². The van der Waals surface area contributed by atoms with Gasteiger partial charge in [0.1, 0.15) is 11.0 Å². The molecule has 37 heavy (non-hydrogen) atoms. The van der Waals surface area contributed by atoms with Crippen LogP contribution in [0.3, 0.4) is 0 Å². The summed E-state index contributed by atoms with van der Waals surface area (Å²) in [6.07, 6.45) is 4.04. The number of halogens is 2. The number of alkyl halides is 2. The molecule has 0 radical (unpaired) electrons. The summed E-state index contributed by atoms with van der Waals surface area (Å²) < 4.78 is 30.1. The van der Waals surface area contributed by atoms with E-state index < -0.39 is 24.4 Å². The molecule has 1 fully saturated rings. The van der Waals surface area contributed by atoms with E-state index in [2.05, 4.69) is 44.3 Å². The number of nitrogens with zero attached hydrogens (tertiary/aromatic N) is 5. The lowest BCUT2D eigenvalue weighted by molar-refractivity contribution is -0.212. The zero-order chi connectivity index (χ0) is 25.8. The fourth-order valence-corrected chi connectivity index (χ4v) is 5.12. The number of anilines is 2. The highest BCUT2D eigenvalue weighted by atomic mass is 19.3. The van der Waals surface area contributed by atoms with Gasteiger partial charge in [0, 0.05) is 37.5 Å². The Labute approximate surface area is 210 Å². The van der Waals surface area contributed by atoms with Gasteiger partial charge in [0.2, 0.25) is 5.95 Å². The molecule has 0 amide bonds. The minimum Gasteiger partial charge on any atom is -0.383 e. The molecule has 6 rings (SSSR count). The Morgan fingerprint density at radius 1 is 1.19 bits per heavy atom. The summed E-state index contributed by atoms with van der Waals surface area (Å²) in [7, 11) is 0. The summed E-state index contributed by atoms with van der Waals surface area (Å²) in [4.78, 5) is 26.3. The molecule has 0 unspecified atom stereocenters. The average molecular weight is 506 g/mol. The largest absolute Gasteiger partial charge is 0.383 e. The van der Waals surface area contributed by atoms with E-state index in [-0.39, 0.29) is 23.2 Å². The highest BCUT2D eigenvalue weighted by Gasteiger charge is 2.57. The first-order valence-electron chi connectivity index (χ1n) is 12.0. The third kappa shape index (κ3) is 4.09. The molecule has 11 heteroatoms. The second-order valence-corrected chi connectivity index (χ2v) is 9.59. The molecule has 3 N–H and O–H groups in total. The number of pyridine rings is 1. The van der Waals surface area contributed by atoms with Gasteiger partial charge < -0.3 is 15.7 Å². The van der Waals surface area contributed by atoms with E-state index in [1.54, 1.807) is 16.8 Å². The van der Waals surface area contributed by atoms with Crippen LogP contribution >= 0.6 is 0 Å². The highest BCUT2D eigenvalue weighted by Crippen LogP contribution is 2.51. The molecule has 3 aromatic heterocycles.